The zero-order valence-corrected chi connectivity index (χ0v) is 35.3. The van der Waals surface area contributed by atoms with Gasteiger partial charge in [0.15, 0.2) is 0 Å². The van der Waals surface area contributed by atoms with Crippen LogP contribution in [-0.2, 0) is 17.3 Å². The van der Waals surface area contributed by atoms with E-state index in [-0.39, 0.29) is 17.4 Å². The summed E-state index contributed by atoms with van der Waals surface area (Å²) < 4.78 is 6.94. The molecule has 1 N–H and O–H groups in total. The first-order chi connectivity index (χ1) is 29.6. The molecule has 0 aliphatic heterocycles. The highest BCUT2D eigenvalue weighted by molar-refractivity contribution is 6.12. The predicted molar refractivity (Wildman–Crippen MR) is 256 cm³/mol. The number of aliphatic hydroxyl groups excluding tert-OH is 1. The fraction of sp³-hybridized carbons (Fsp3) is 0.153. The van der Waals surface area contributed by atoms with Gasteiger partial charge in [-0.05, 0) is 149 Å². The zero-order valence-electron chi connectivity index (χ0n) is 35.3. The molecule has 11 rings (SSSR count). The Morgan fingerprint density at radius 1 is 0.459 bits per heavy atom. The second-order valence-electron chi connectivity index (χ2n) is 18.1. The monoisotopic (exact) mass is 788 g/mol. The number of aryl methyl sites for hydroxylation is 1. The Hall–Kier alpha value is -6.74. The van der Waals surface area contributed by atoms with Gasteiger partial charge in [0.25, 0.3) is 0 Å². The second-order valence-corrected chi connectivity index (χ2v) is 18.1. The first-order valence-electron chi connectivity index (χ1n) is 21.6. The van der Waals surface area contributed by atoms with Gasteiger partial charge in [-0.1, -0.05) is 162 Å². The summed E-state index contributed by atoms with van der Waals surface area (Å²) >= 11 is 0. The summed E-state index contributed by atoms with van der Waals surface area (Å²) in [5, 5.41) is 11.7. The van der Waals surface area contributed by atoms with Gasteiger partial charge in [0.1, 0.15) is 11.2 Å². The largest absolute Gasteiger partial charge is 0.456 e. The van der Waals surface area contributed by atoms with Crippen molar-refractivity contribution in [3.8, 4) is 66.8 Å². The van der Waals surface area contributed by atoms with Crippen LogP contribution in [0.2, 0.25) is 0 Å². The normalized spacial score (nSPS) is 14.2. The first kappa shape index (κ1) is 37.3. The Labute approximate surface area is 358 Å². The van der Waals surface area contributed by atoms with Crippen LogP contribution in [0.5, 0.6) is 0 Å². The number of rotatable bonds is 8. The quantitative estimate of drug-likeness (QED) is 0.166. The van der Waals surface area contributed by atoms with Crippen molar-refractivity contribution in [2.24, 2.45) is 0 Å². The van der Waals surface area contributed by atoms with Crippen molar-refractivity contribution in [3.63, 3.8) is 0 Å². The van der Waals surface area contributed by atoms with Crippen molar-refractivity contribution in [2.75, 3.05) is 6.61 Å². The maximum atomic E-state index is 9.51. The average Bonchev–Trinajstić information content (AvgIpc) is 3.85. The third-order valence-electron chi connectivity index (χ3n) is 13.9. The van der Waals surface area contributed by atoms with Gasteiger partial charge >= 0.3 is 0 Å². The molecule has 2 aliphatic rings. The molecule has 0 fully saturated rings. The van der Waals surface area contributed by atoms with E-state index in [0.29, 0.717) is 0 Å². The van der Waals surface area contributed by atoms with E-state index in [1.165, 1.54) is 72.3 Å². The van der Waals surface area contributed by atoms with E-state index in [9.17, 15) is 5.11 Å². The van der Waals surface area contributed by atoms with Crippen LogP contribution in [0.25, 0.3) is 94.8 Å². The van der Waals surface area contributed by atoms with Crippen molar-refractivity contribution in [1.82, 2.24) is 0 Å². The van der Waals surface area contributed by atoms with Crippen LogP contribution < -0.4 is 0 Å². The Bertz CT molecular complexity index is 3230. The molecule has 9 aromatic rings. The minimum absolute atomic E-state index is 0.117. The van der Waals surface area contributed by atoms with Crippen molar-refractivity contribution >= 4 is 28.0 Å². The van der Waals surface area contributed by atoms with Crippen LogP contribution in [0, 0.1) is 0 Å². The fourth-order valence-corrected chi connectivity index (χ4v) is 10.5. The lowest BCUT2D eigenvalue weighted by Gasteiger charge is -2.22. The van der Waals surface area contributed by atoms with Crippen LogP contribution in [0.3, 0.4) is 0 Å². The lowest BCUT2D eigenvalue weighted by molar-refractivity contribution is 0.288. The lowest BCUT2D eigenvalue weighted by Crippen LogP contribution is -2.14. The third-order valence-corrected chi connectivity index (χ3v) is 13.9. The average molecular weight is 789 g/mol. The van der Waals surface area contributed by atoms with Gasteiger partial charge in [-0.15, -0.1) is 0 Å². The molecule has 2 nitrogen and oxygen atoms in total. The molecule has 8 aromatic carbocycles. The molecule has 61 heavy (non-hydrogen) atoms. The van der Waals surface area contributed by atoms with E-state index in [1.54, 1.807) is 0 Å². The number of benzene rings is 8. The number of fused-ring (bicyclic) bond motifs is 9. The minimum atomic E-state index is -0.121. The highest BCUT2D eigenvalue weighted by Gasteiger charge is 2.37. The lowest BCUT2D eigenvalue weighted by atomic mass is 9.81. The molecular formula is C59H48O2. The van der Waals surface area contributed by atoms with Gasteiger partial charge in [0.05, 0.1) is 0 Å². The van der Waals surface area contributed by atoms with Crippen LogP contribution >= 0.6 is 0 Å². The Morgan fingerprint density at radius 3 is 1.36 bits per heavy atom. The summed E-state index contributed by atoms with van der Waals surface area (Å²) in [5.74, 6) is 0. The molecule has 0 atom stereocenters. The number of furan rings is 1. The SMILES string of the molecule is C=Cc1ccc(-c2cc3oc4cc(-c5ccc(CCCO)cc5)c(-c5ccc6c(c5)C(C)(C)c5ccccc5-6)cc4c3cc2-c2ccc3c(c2)C(C)(C)c2ccccc2-3)cc1. The first-order valence-corrected chi connectivity index (χ1v) is 21.6. The molecule has 0 amide bonds. The van der Waals surface area contributed by atoms with E-state index in [4.69, 9.17) is 4.42 Å². The van der Waals surface area contributed by atoms with Crippen molar-refractivity contribution in [2.45, 2.75) is 51.4 Å². The smallest absolute Gasteiger partial charge is 0.136 e. The van der Waals surface area contributed by atoms with Crippen LogP contribution in [-0.4, -0.2) is 11.7 Å². The molecule has 2 aliphatic carbocycles. The summed E-state index contributed by atoms with van der Waals surface area (Å²) in [6.07, 6.45) is 3.50. The molecule has 1 heterocycles. The maximum absolute atomic E-state index is 9.51. The Kier molecular flexibility index (Phi) is 8.50. The Balaban J connectivity index is 1.14. The molecule has 296 valence electrons. The molecular weight excluding hydrogens is 741 g/mol. The third kappa shape index (κ3) is 5.81. The highest BCUT2D eigenvalue weighted by atomic mass is 16.3. The van der Waals surface area contributed by atoms with Crippen molar-refractivity contribution in [1.29, 1.82) is 0 Å². The van der Waals surface area contributed by atoms with E-state index in [1.807, 2.05) is 6.08 Å². The van der Waals surface area contributed by atoms with Gasteiger partial charge in [-0.2, -0.15) is 0 Å². The summed E-state index contributed by atoms with van der Waals surface area (Å²) in [7, 11) is 0. The van der Waals surface area contributed by atoms with Crippen LogP contribution in [0.1, 0.15) is 67.5 Å². The van der Waals surface area contributed by atoms with Gasteiger partial charge < -0.3 is 9.52 Å². The molecule has 0 spiro atoms. The summed E-state index contributed by atoms with van der Waals surface area (Å²) in [4.78, 5) is 0. The fourth-order valence-electron chi connectivity index (χ4n) is 10.5. The van der Waals surface area contributed by atoms with Gasteiger partial charge in [0.2, 0.25) is 0 Å². The predicted octanol–water partition coefficient (Wildman–Crippen LogP) is 15.4. The molecule has 0 saturated heterocycles. The number of hydrogen-bond donors (Lipinski definition) is 1. The van der Waals surface area contributed by atoms with Crippen molar-refractivity contribution < 1.29 is 9.52 Å². The maximum Gasteiger partial charge on any atom is 0.136 e. The van der Waals surface area contributed by atoms with Crippen LogP contribution in [0.4, 0.5) is 0 Å². The summed E-state index contributed by atoms with van der Waals surface area (Å²) in [6, 6.07) is 58.6. The van der Waals surface area contributed by atoms with E-state index >= 15 is 0 Å². The highest BCUT2D eigenvalue weighted by Crippen LogP contribution is 2.52. The molecule has 0 bridgehead atoms. The van der Waals surface area contributed by atoms with Crippen molar-refractivity contribution in [3.05, 3.63) is 198 Å². The molecule has 1 aromatic heterocycles. The van der Waals surface area contributed by atoms with Gasteiger partial charge in [-0.25, -0.2) is 0 Å². The van der Waals surface area contributed by atoms with Gasteiger partial charge in [0, 0.05) is 28.2 Å². The topological polar surface area (TPSA) is 33.4 Å². The van der Waals surface area contributed by atoms with E-state index in [2.05, 4.69) is 192 Å². The second kappa shape index (κ2) is 13.9. The van der Waals surface area contributed by atoms with E-state index in [0.717, 1.165) is 62.6 Å². The zero-order chi connectivity index (χ0) is 41.6. The number of aliphatic hydroxyl groups is 1. The summed E-state index contributed by atoms with van der Waals surface area (Å²) in [6.45, 7) is 13.6. The summed E-state index contributed by atoms with van der Waals surface area (Å²) in [5.41, 5.74) is 23.8. The molecule has 2 heteroatoms. The van der Waals surface area contributed by atoms with E-state index < -0.39 is 0 Å². The molecule has 0 saturated carbocycles. The molecule has 0 radical (unpaired) electrons. The number of hydrogen-bond acceptors (Lipinski definition) is 2. The minimum Gasteiger partial charge on any atom is -0.456 e. The molecule has 0 unspecified atom stereocenters. The standard InChI is InChI=1S/C59H48O2/c1-6-36-17-21-38(22-18-36)48-34-56-50(32-46(48)40-25-27-44-42-13-7-9-15-52(42)58(2,3)54(44)30-40)51-33-47(49(35-57(51)61-56)39-23-19-37(20-24-39)12-11-29-60)41-26-28-45-43-14-8-10-16-53(43)59(4,5)55(45)31-41/h6-10,13-28,30-35,60H,1,11-12,29H2,2-5H3. The van der Waals surface area contributed by atoms with Gasteiger partial charge in [-0.3, -0.25) is 0 Å². The van der Waals surface area contributed by atoms with Crippen LogP contribution in [0.15, 0.2) is 169 Å². The Morgan fingerprint density at radius 2 is 0.885 bits per heavy atom.